The normalized spacial score (nSPS) is 11.5. The van der Waals surface area contributed by atoms with Crippen molar-refractivity contribution >= 4 is 11.5 Å². The van der Waals surface area contributed by atoms with Crippen LogP contribution in [-0.2, 0) is 0 Å². The molecule has 0 aliphatic heterocycles. The standard InChI is InChI=1S/C17H20N2/c1-13-9-8-10-14(2)16(13)19(4)17(18-3)15-11-6-5-7-12-15/h5-12H,1-4H3. The average molecular weight is 252 g/mol. The van der Waals surface area contributed by atoms with Gasteiger partial charge in [0.05, 0.1) is 0 Å². The minimum atomic E-state index is 0.984. The molecule has 2 aromatic rings. The maximum absolute atomic E-state index is 4.46. The van der Waals surface area contributed by atoms with Gasteiger partial charge >= 0.3 is 0 Å². The number of benzene rings is 2. The molecule has 0 saturated heterocycles. The molecule has 0 saturated carbocycles. The first-order valence-corrected chi connectivity index (χ1v) is 6.47. The Balaban J connectivity index is 2.46. The third-order valence-electron chi connectivity index (χ3n) is 3.34. The molecule has 0 heterocycles. The number of aliphatic imine (C=N–C) groups is 1. The summed E-state index contributed by atoms with van der Waals surface area (Å²) in [6.07, 6.45) is 0. The molecule has 0 fully saturated rings. The minimum Gasteiger partial charge on any atom is -0.329 e. The van der Waals surface area contributed by atoms with Gasteiger partial charge in [-0.3, -0.25) is 4.99 Å². The van der Waals surface area contributed by atoms with Crippen LogP contribution >= 0.6 is 0 Å². The van der Waals surface area contributed by atoms with Gasteiger partial charge in [-0.15, -0.1) is 0 Å². The van der Waals surface area contributed by atoms with E-state index in [-0.39, 0.29) is 0 Å². The van der Waals surface area contributed by atoms with Crippen molar-refractivity contribution in [2.24, 2.45) is 4.99 Å². The van der Waals surface area contributed by atoms with Crippen molar-refractivity contribution in [3.05, 3.63) is 65.2 Å². The van der Waals surface area contributed by atoms with Crippen LogP contribution in [0.3, 0.4) is 0 Å². The summed E-state index contributed by atoms with van der Waals surface area (Å²) in [6.45, 7) is 4.27. The Morgan fingerprint density at radius 2 is 1.47 bits per heavy atom. The predicted octanol–water partition coefficient (Wildman–Crippen LogP) is 3.82. The fraction of sp³-hybridized carbons (Fsp3) is 0.235. The summed E-state index contributed by atoms with van der Waals surface area (Å²) < 4.78 is 0. The highest BCUT2D eigenvalue weighted by Gasteiger charge is 2.14. The highest BCUT2D eigenvalue weighted by molar-refractivity contribution is 6.10. The van der Waals surface area contributed by atoms with Crippen LogP contribution in [0.15, 0.2) is 53.5 Å². The van der Waals surface area contributed by atoms with Gasteiger partial charge in [0.25, 0.3) is 0 Å². The van der Waals surface area contributed by atoms with Gasteiger partial charge in [-0.25, -0.2) is 0 Å². The van der Waals surface area contributed by atoms with Gasteiger partial charge in [-0.05, 0) is 25.0 Å². The Morgan fingerprint density at radius 1 is 0.895 bits per heavy atom. The Kier molecular flexibility index (Phi) is 4.00. The average Bonchev–Trinajstić information content (AvgIpc) is 2.40. The lowest BCUT2D eigenvalue weighted by Crippen LogP contribution is -2.28. The van der Waals surface area contributed by atoms with E-state index in [4.69, 9.17) is 0 Å². The highest BCUT2D eigenvalue weighted by Crippen LogP contribution is 2.25. The fourth-order valence-corrected chi connectivity index (χ4v) is 2.50. The molecule has 19 heavy (non-hydrogen) atoms. The second-order valence-corrected chi connectivity index (χ2v) is 4.71. The zero-order chi connectivity index (χ0) is 13.8. The van der Waals surface area contributed by atoms with Gasteiger partial charge in [0, 0.05) is 25.3 Å². The molecule has 98 valence electrons. The smallest absolute Gasteiger partial charge is 0.134 e. The molecular formula is C17H20N2. The topological polar surface area (TPSA) is 15.6 Å². The molecule has 0 bridgehead atoms. The largest absolute Gasteiger partial charge is 0.329 e. The molecule has 2 heteroatoms. The van der Waals surface area contributed by atoms with E-state index in [1.165, 1.54) is 16.8 Å². The molecule has 0 unspecified atom stereocenters. The van der Waals surface area contributed by atoms with Crippen LogP contribution in [0, 0.1) is 13.8 Å². The molecule has 2 aromatic carbocycles. The lowest BCUT2D eigenvalue weighted by Gasteiger charge is -2.25. The van der Waals surface area contributed by atoms with Crippen molar-refractivity contribution in [1.82, 2.24) is 0 Å². The van der Waals surface area contributed by atoms with Crippen molar-refractivity contribution in [2.45, 2.75) is 13.8 Å². The third-order valence-corrected chi connectivity index (χ3v) is 3.34. The van der Waals surface area contributed by atoms with Gasteiger partial charge in [-0.1, -0.05) is 48.5 Å². The van der Waals surface area contributed by atoms with Crippen LogP contribution in [0.2, 0.25) is 0 Å². The Labute approximate surface area is 115 Å². The van der Waals surface area contributed by atoms with Gasteiger partial charge in [0.2, 0.25) is 0 Å². The fourth-order valence-electron chi connectivity index (χ4n) is 2.50. The Bertz CT molecular complexity index is 565. The Hall–Kier alpha value is -2.09. The van der Waals surface area contributed by atoms with Crippen LogP contribution < -0.4 is 4.90 Å². The minimum absolute atomic E-state index is 0.984. The van der Waals surface area contributed by atoms with E-state index in [0.29, 0.717) is 0 Å². The maximum atomic E-state index is 4.46. The van der Waals surface area contributed by atoms with Crippen molar-refractivity contribution in [1.29, 1.82) is 0 Å². The summed E-state index contributed by atoms with van der Waals surface area (Å²) in [7, 11) is 3.91. The zero-order valence-corrected chi connectivity index (χ0v) is 12.0. The predicted molar refractivity (Wildman–Crippen MR) is 83.2 cm³/mol. The van der Waals surface area contributed by atoms with E-state index < -0.39 is 0 Å². The van der Waals surface area contributed by atoms with Gasteiger partial charge in [0.15, 0.2) is 0 Å². The van der Waals surface area contributed by atoms with Gasteiger partial charge in [-0.2, -0.15) is 0 Å². The lowest BCUT2D eigenvalue weighted by molar-refractivity contribution is 1.18. The van der Waals surface area contributed by atoms with E-state index in [1.54, 1.807) is 0 Å². The molecular weight excluding hydrogens is 232 g/mol. The second-order valence-electron chi connectivity index (χ2n) is 4.71. The van der Waals surface area contributed by atoms with E-state index in [9.17, 15) is 0 Å². The number of rotatable bonds is 2. The number of amidine groups is 1. The monoisotopic (exact) mass is 252 g/mol. The van der Waals surface area contributed by atoms with Gasteiger partial charge in [0.1, 0.15) is 5.84 Å². The highest BCUT2D eigenvalue weighted by atomic mass is 15.2. The molecule has 0 aliphatic carbocycles. The molecule has 0 aliphatic rings. The first-order valence-electron chi connectivity index (χ1n) is 6.47. The van der Waals surface area contributed by atoms with Crippen molar-refractivity contribution in [3.8, 4) is 0 Å². The summed E-state index contributed by atoms with van der Waals surface area (Å²) in [6, 6.07) is 16.6. The number of aryl methyl sites for hydroxylation is 2. The first-order chi connectivity index (χ1) is 9.15. The zero-order valence-electron chi connectivity index (χ0n) is 12.0. The van der Waals surface area contributed by atoms with Gasteiger partial charge < -0.3 is 4.90 Å². The quantitative estimate of drug-likeness (QED) is 0.586. The number of hydrogen-bond donors (Lipinski definition) is 0. The van der Waals surface area contributed by atoms with E-state index in [1.807, 2.05) is 25.2 Å². The van der Waals surface area contributed by atoms with E-state index in [2.05, 4.69) is 61.1 Å². The van der Waals surface area contributed by atoms with E-state index >= 15 is 0 Å². The maximum Gasteiger partial charge on any atom is 0.134 e. The van der Waals surface area contributed by atoms with E-state index in [0.717, 1.165) is 11.4 Å². The molecule has 0 spiro atoms. The third kappa shape index (κ3) is 2.68. The van der Waals surface area contributed by atoms with Crippen LogP contribution in [0.1, 0.15) is 16.7 Å². The van der Waals surface area contributed by atoms with Crippen molar-refractivity contribution in [2.75, 3.05) is 19.0 Å². The summed E-state index contributed by atoms with van der Waals surface area (Å²) in [5, 5.41) is 0. The van der Waals surface area contributed by atoms with Crippen LogP contribution in [-0.4, -0.2) is 19.9 Å². The molecule has 0 amide bonds. The summed E-state index contributed by atoms with van der Waals surface area (Å²) in [5.74, 6) is 0.984. The number of para-hydroxylation sites is 1. The molecule has 0 N–H and O–H groups in total. The van der Waals surface area contributed by atoms with Crippen LogP contribution in [0.4, 0.5) is 5.69 Å². The second kappa shape index (κ2) is 5.70. The summed E-state index contributed by atoms with van der Waals surface area (Å²) >= 11 is 0. The number of anilines is 1. The number of nitrogens with zero attached hydrogens (tertiary/aromatic N) is 2. The number of hydrogen-bond acceptors (Lipinski definition) is 1. The van der Waals surface area contributed by atoms with Crippen LogP contribution in [0.5, 0.6) is 0 Å². The van der Waals surface area contributed by atoms with Crippen molar-refractivity contribution < 1.29 is 0 Å². The summed E-state index contributed by atoms with van der Waals surface area (Å²) in [4.78, 5) is 6.63. The molecule has 2 rings (SSSR count). The molecule has 2 nitrogen and oxygen atoms in total. The van der Waals surface area contributed by atoms with Crippen molar-refractivity contribution in [3.63, 3.8) is 0 Å². The lowest BCUT2D eigenvalue weighted by atomic mass is 10.1. The first kappa shape index (κ1) is 13.3. The Morgan fingerprint density at radius 3 is 2.00 bits per heavy atom. The molecule has 0 radical (unpaired) electrons. The van der Waals surface area contributed by atoms with Crippen LogP contribution in [0.25, 0.3) is 0 Å². The molecule has 0 aromatic heterocycles. The molecule has 0 atom stereocenters. The summed E-state index contributed by atoms with van der Waals surface area (Å²) in [5.41, 5.74) is 4.89. The SMILES string of the molecule is CN=C(c1ccccc1)N(C)c1c(C)cccc1C.